The first-order chi connectivity index (χ1) is 22.8. The smallest absolute Gasteiger partial charge is 0.434 e. The molecule has 48 heavy (non-hydrogen) atoms. The Labute approximate surface area is 278 Å². The molecule has 0 aliphatic carbocycles. The number of hydrogen-bond acceptors (Lipinski definition) is 10. The van der Waals surface area contributed by atoms with Crippen LogP contribution in [0.4, 0.5) is 35.7 Å². The number of anilines is 3. The van der Waals surface area contributed by atoms with Crippen molar-refractivity contribution in [1.82, 2.24) is 19.9 Å². The zero-order chi connectivity index (χ0) is 34.1. The van der Waals surface area contributed by atoms with Crippen LogP contribution in [0.3, 0.4) is 0 Å². The highest BCUT2D eigenvalue weighted by Gasteiger charge is 2.51. The minimum Gasteiger partial charge on any atom is -0.440 e. The summed E-state index contributed by atoms with van der Waals surface area (Å²) in [6, 6.07) is 20.5. The van der Waals surface area contributed by atoms with E-state index in [1.165, 1.54) is 11.0 Å². The van der Waals surface area contributed by atoms with Crippen molar-refractivity contribution in [2.75, 3.05) is 48.4 Å². The van der Waals surface area contributed by atoms with Gasteiger partial charge >= 0.3 is 12.3 Å². The van der Waals surface area contributed by atoms with Gasteiger partial charge in [0.05, 0.1) is 25.5 Å². The predicted octanol–water partition coefficient (Wildman–Crippen LogP) is 4.96. The molecule has 2 fully saturated rings. The average Bonchev–Trinajstić information content (AvgIpc) is 3.47. The minimum absolute atomic E-state index is 0.00939. The third kappa shape index (κ3) is 6.84. The summed E-state index contributed by atoms with van der Waals surface area (Å²) >= 11 is 0. The molecule has 4 heterocycles. The second kappa shape index (κ2) is 13.1. The van der Waals surface area contributed by atoms with Crippen LogP contribution in [0.15, 0.2) is 72.9 Å². The fourth-order valence-electron chi connectivity index (χ4n) is 5.76. The highest BCUT2D eigenvalue weighted by Crippen LogP contribution is 2.44. The molecule has 0 saturated carbocycles. The molecule has 0 unspecified atom stereocenters. The number of carbonyl (C=O) groups excluding carboxylic acids is 1. The lowest BCUT2D eigenvalue weighted by molar-refractivity contribution is -0.140. The Morgan fingerprint density at radius 2 is 1.56 bits per heavy atom. The number of nitrogen functional groups attached to an aromatic ring is 1. The van der Waals surface area contributed by atoms with Crippen LogP contribution in [-0.2, 0) is 25.7 Å². The zero-order valence-corrected chi connectivity index (χ0v) is 28.2. The van der Waals surface area contributed by atoms with E-state index < -0.39 is 50.9 Å². The zero-order valence-electron chi connectivity index (χ0n) is 26.8. The second-order valence-electron chi connectivity index (χ2n) is 12.8. The molecule has 15 heteroatoms. The summed E-state index contributed by atoms with van der Waals surface area (Å²) in [6.45, 7) is 7.87. The van der Waals surface area contributed by atoms with Crippen LogP contribution in [0.1, 0.15) is 37.6 Å². The number of alkyl halides is 3. The van der Waals surface area contributed by atoms with Gasteiger partial charge in [0.15, 0.2) is 21.6 Å². The molecular formula is C33H36F3N7O4Si. The molecule has 6 rings (SSSR count). The number of morpholine rings is 1. The quantitative estimate of drug-likeness (QED) is 0.255. The molecule has 2 aliphatic heterocycles. The maximum absolute atomic E-state index is 14.2. The van der Waals surface area contributed by atoms with Gasteiger partial charge < -0.3 is 24.5 Å². The summed E-state index contributed by atoms with van der Waals surface area (Å²) in [6.07, 6.45) is -5.44. The first-order valence-electron chi connectivity index (χ1n) is 15.5. The topological polar surface area (TPSA) is 129 Å². The third-order valence-electron chi connectivity index (χ3n) is 8.03. The molecule has 1 atom stereocenters. The number of benzene rings is 2. The van der Waals surface area contributed by atoms with Gasteiger partial charge in [0.25, 0.3) is 0 Å². The standard InChI is InChI=1S/C33H36F3N7O4Si/c1-31(2,3)48-47-32(21-10-6-4-7-11-21,22-12-8-5-9-13-22)25-20-43(30(44)46-25)26-18-24(39-29(40-26)42-14-16-45-17-15-42)23-19-38-28(37)41-27(23)33(34,35)36/h4-13,18-19,25H,14-17,20,48H2,1-3H3,(H2,37,38,41)/t25-/m0/s1. The second-order valence-corrected chi connectivity index (χ2v) is 15.5. The van der Waals surface area contributed by atoms with Crippen LogP contribution in [0.25, 0.3) is 11.3 Å². The first-order valence-corrected chi connectivity index (χ1v) is 16.8. The van der Waals surface area contributed by atoms with Crippen LogP contribution in [0, 0.1) is 0 Å². The van der Waals surface area contributed by atoms with Gasteiger partial charge in [-0.25, -0.2) is 19.7 Å². The number of cyclic esters (lactones) is 1. The van der Waals surface area contributed by atoms with Gasteiger partial charge in [-0.3, -0.25) is 4.90 Å². The summed E-state index contributed by atoms with van der Waals surface area (Å²) in [5.41, 5.74) is 4.20. The average molecular weight is 680 g/mol. The molecule has 4 aromatic rings. The lowest BCUT2D eigenvalue weighted by Crippen LogP contribution is -2.47. The number of amides is 1. The highest BCUT2D eigenvalue weighted by molar-refractivity contribution is 6.32. The van der Waals surface area contributed by atoms with Crippen molar-refractivity contribution in [3.8, 4) is 11.3 Å². The molecule has 2 aromatic carbocycles. The Hall–Kier alpha value is -4.60. The van der Waals surface area contributed by atoms with Crippen LogP contribution in [-0.4, -0.2) is 74.7 Å². The SMILES string of the molecule is CC(C)(C)[SiH2]OC(c1ccccc1)(c1ccccc1)[C@@H]1CN(c2cc(-c3cnc(N)nc3C(F)(F)F)nc(N3CCOCC3)n2)C(=O)O1. The summed E-state index contributed by atoms with van der Waals surface area (Å²) in [5, 5.41) is -0.108. The van der Waals surface area contributed by atoms with Gasteiger partial charge in [-0.15, -0.1) is 0 Å². The summed E-state index contributed by atoms with van der Waals surface area (Å²) in [4.78, 5) is 33.4. The van der Waals surface area contributed by atoms with Crippen LogP contribution in [0.5, 0.6) is 0 Å². The van der Waals surface area contributed by atoms with Gasteiger partial charge in [-0.2, -0.15) is 18.2 Å². The molecule has 0 bridgehead atoms. The largest absolute Gasteiger partial charge is 0.440 e. The molecule has 11 nitrogen and oxygen atoms in total. The highest BCUT2D eigenvalue weighted by atomic mass is 28.2. The number of ether oxygens (including phenoxy) is 2. The molecular weight excluding hydrogens is 643 g/mol. The van der Waals surface area contributed by atoms with Gasteiger partial charge in [0.1, 0.15) is 11.4 Å². The van der Waals surface area contributed by atoms with Gasteiger partial charge in [0.2, 0.25) is 11.9 Å². The van der Waals surface area contributed by atoms with Crippen molar-refractivity contribution in [3.05, 3.63) is 89.7 Å². The Bertz CT molecular complexity index is 1710. The van der Waals surface area contributed by atoms with E-state index in [-0.39, 0.29) is 29.0 Å². The third-order valence-corrected chi connectivity index (χ3v) is 9.49. The first kappa shape index (κ1) is 33.3. The molecule has 0 radical (unpaired) electrons. The van der Waals surface area contributed by atoms with Gasteiger partial charge in [-0.1, -0.05) is 81.4 Å². The van der Waals surface area contributed by atoms with Crippen LogP contribution in [0.2, 0.25) is 5.04 Å². The van der Waals surface area contributed by atoms with Crippen LogP contribution < -0.4 is 15.5 Å². The summed E-state index contributed by atoms with van der Waals surface area (Å²) < 4.78 is 61.2. The number of halogens is 3. The van der Waals surface area contributed by atoms with E-state index in [0.717, 1.165) is 17.3 Å². The van der Waals surface area contributed by atoms with E-state index >= 15 is 0 Å². The number of nitrogens with two attached hydrogens (primary N) is 1. The summed E-state index contributed by atoms with van der Waals surface area (Å²) in [7, 11) is -1.24. The molecule has 1 amide bonds. The van der Waals surface area contributed by atoms with Crippen molar-refractivity contribution in [2.45, 2.75) is 43.7 Å². The van der Waals surface area contributed by atoms with E-state index in [9.17, 15) is 18.0 Å². The Morgan fingerprint density at radius 1 is 0.938 bits per heavy atom. The fourth-order valence-corrected chi connectivity index (χ4v) is 6.94. The number of aromatic nitrogens is 4. The van der Waals surface area contributed by atoms with Crippen molar-refractivity contribution in [1.29, 1.82) is 0 Å². The van der Waals surface area contributed by atoms with E-state index in [2.05, 4.69) is 40.7 Å². The molecule has 252 valence electrons. The predicted molar refractivity (Wildman–Crippen MR) is 176 cm³/mol. The van der Waals surface area contributed by atoms with Gasteiger partial charge in [-0.05, 0) is 16.2 Å². The maximum Gasteiger partial charge on any atom is 0.434 e. The maximum atomic E-state index is 14.2. The Kier molecular flexibility index (Phi) is 9.11. The number of hydrogen-bond donors (Lipinski definition) is 1. The lowest BCUT2D eigenvalue weighted by atomic mass is 9.81. The van der Waals surface area contributed by atoms with E-state index in [1.54, 1.807) is 4.90 Å². The Morgan fingerprint density at radius 3 is 2.15 bits per heavy atom. The number of nitrogens with zero attached hydrogens (tertiary/aromatic N) is 6. The minimum atomic E-state index is -4.85. The van der Waals surface area contributed by atoms with Crippen molar-refractivity contribution >= 4 is 33.6 Å². The van der Waals surface area contributed by atoms with Crippen molar-refractivity contribution < 1.29 is 31.9 Å². The molecule has 2 saturated heterocycles. The van der Waals surface area contributed by atoms with Crippen molar-refractivity contribution in [2.24, 2.45) is 0 Å². The lowest BCUT2D eigenvalue weighted by Gasteiger charge is -2.40. The molecule has 0 spiro atoms. The Balaban J connectivity index is 1.48. The van der Waals surface area contributed by atoms with E-state index in [0.29, 0.717) is 26.3 Å². The van der Waals surface area contributed by atoms with Crippen LogP contribution >= 0.6 is 0 Å². The molecule has 2 N–H and O–H groups in total. The van der Waals surface area contributed by atoms with Gasteiger partial charge in [0, 0.05) is 30.9 Å². The molecule has 2 aromatic heterocycles. The number of rotatable bonds is 8. The van der Waals surface area contributed by atoms with E-state index in [4.69, 9.17) is 19.6 Å². The normalized spacial score (nSPS) is 17.7. The monoisotopic (exact) mass is 679 g/mol. The van der Waals surface area contributed by atoms with E-state index in [1.807, 2.05) is 60.7 Å². The van der Waals surface area contributed by atoms with Crippen molar-refractivity contribution in [3.63, 3.8) is 0 Å². The fraction of sp³-hybridized carbons (Fsp3) is 0.364. The summed E-state index contributed by atoms with van der Waals surface area (Å²) in [5.74, 6) is -0.348. The number of carbonyl (C=O) groups is 1. The molecule has 2 aliphatic rings.